The van der Waals surface area contributed by atoms with Crippen molar-refractivity contribution >= 4 is 34.4 Å². The molecule has 7 heteroatoms. The lowest BCUT2D eigenvalue weighted by Gasteiger charge is -2.15. The molecule has 1 aromatic carbocycles. The van der Waals surface area contributed by atoms with Crippen LogP contribution in [-0.4, -0.2) is 30.4 Å². The first-order valence-electron chi connectivity index (χ1n) is 7.58. The Labute approximate surface area is 148 Å². The number of halogens is 1. The van der Waals surface area contributed by atoms with Crippen LogP contribution in [0.2, 0.25) is 5.02 Å². The Balaban J connectivity index is 1.65. The van der Waals surface area contributed by atoms with Crippen LogP contribution in [0.1, 0.15) is 21.9 Å². The number of benzene rings is 1. The number of ether oxygens (including phenoxy) is 1. The summed E-state index contributed by atoms with van der Waals surface area (Å²) in [5.41, 5.74) is 1.05. The van der Waals surface area contributed by atoms with Gasteiger partial charge in [-0.3, -0.25) is 4.79 Å². The second kappa shape index (κ2) is 7.03. The van der Waals surface area contributed by atoms with Crippen LogP contribution in [0.25, 0.3) is 11.0 Å². The first kappa shape index (κ1) is 17.1. The molecule has 0 aliphatic heterocycles. The monoisotopic (exact) mass is 361 g/mol. The molecule has 0 fully saturated rings. The van der Waals surface area contributed by atoms with E-state index in [1.807, 2.05) is 0 Å². The number of nitrogens with zero attached hydrogens (tertiary/aromatic N) is 1. The van der Waals surface area contributed by atoms with E-state index in [0.29, 0.717) is 28.5 Å². The number of carbonyl (C=O) groups is 2. The van der Waals surface area contributed by atoms with Crippen LogP contribution in [0.3, 0.4) is 0 Å². The molecule has 0 saturated heterocycles. The lowest BCUT2D eigenvalue weighted by atomic mass is 10.1. The molecule has 0 radical (unpaired) electrons. The van der Waals surface area contributed by atoms with E-state index < -0.39 is 5.97 Å². The van der Waals surface area contributed by atoms with Gasteiger partial charge in [0.05, 0.1) is 17.8 Å². The van der Waals surface area contributed by atoms with Crippen LogP contribution in [0.15, 0.2) is 45.4 Å². The summed E-state index contributed by atoms with van der Waals surface area (Å²) in [7, 11) is 1.60. The van der Waals surface area contributed by atoms with Gasteiger partial charge in [-0.25, -0.2) is 4.79 Å². The van der Waals surface area contributed by atoms with E-state index in [4.69, 9.17) is 25.2 Å². The Morgan fingerprint density at radius 3 is 2.72 bits per heavy atom. The first-order valence-corrected chi connectivity index (χ1v) is 7.96. The molecule has 1 amide bonds. The van der Waals surface area contributed by atoms with Crippen molar-refractivity contribution in [1.29, 1.82) is 0 Å². The van der Waals surface area contributed by atoms with Gasteiger partial charge < -0.3 is 18.5 Å². The summed E-state index contributed by atoms with van der Waals surface area (Å²) in [5.74, 6) is -0.365. The summed E-state index contributed by atoms with van der Waals surface area (Å²) in [5, 5.41) is 1.15. The molecule has 25 heavy (non-hydrogen) atoms. The van der Waals surface area contributed by atoms with Gasteiger partial charge in [0, 0.05) is 18.0 Å². The van der Waals surface area contributed by atoms with E-state index in [-0.39, 0.29) is 18.3 Å². The number of amides is 1. The third-order valence-electron chi connectivity index (χ3n) is 3.83. The number of furan rings is 2. The molecule has 0 bridgehead atoms. The minimum atomic E-state index is -0.704. The van der Waals surface area contributed by atoms with Crippen molar-refractivity contribution in [3.8, 4) is 0 Å². The Hall–Kier alpha value is -2.73. The maximum atomic E-state index is 12.2. The molecule has 130 valence electrons. The van der Waals surface area contributed by atoms with Crippen LogP contribution >= 0.6 is 11.6 Å². The molecule has 3 rings (SSSR count). The number of rotatable bonds is 5. The summed E-state index contributed by atoms with van der Waals surface area (Å²) in [6.45, 7) is 1.65. The highest BCUT2D eigenvalue weighted by atomic mass is 35.5. The largest absolute Gasteiger partial charge is 0.467 e. The van der Waals surface area contributed by atoms with Gasteiger partial charge in [-0.15, -0.1) is 0 Å². The molecule has 0 aliphatic rings. The molecule has 2 aromatic heterocycles. The van der Waals surface area contributed by atoms with Gasteiger partial charge in [0.2, 0.25) is 5.76 Å². The molecular formula is C18H16ClNO5. The fourth-order valence-electron chi connectivity index (χ4n) is 2.43. The van der Waals surface area contributed by atoms with Crippen molar-refractivity contribution in [2.75, 3.05) is 13.7 Å². The second-order valence-corrected chi connectivity index (χ2v) is 5.99. The predicted molar refractivity (Wildman–Crippen MR) is 91.4 cm³/mol. The number of carbonyl (C=O) groups excluding carboxylic acids is 2. The Morgan fingerprint density at radius 2 is 2.04 bits per heavy atom. The Kier molecular flexibility index (Phi) is 4.81. The molecule has 2 heterocycles. The van der Waals surface area contributed by atoms with Crippen molar-refractivity contribution in [3.05, 3.63) is 58.7 Å². The van der Waals surface area contributed by atoms with E-state index in [1.54, 1.807) is 44.3 Å². The molecule has 0 saturated carbocycles. The molecule has 6 nitrogen and oxygen atoms in total. The standard InChI is InChI=1S/C18H16ClNO5/c1-11-13-6-3-7-14(19)17(13)25-16(11)18(22)24-10-15(21)20(2)9-12-5-4-8-23-12/h3-8H,9-10H2,1-2H3. The second-order valence-electron chi connectivity index (χ2n) is 5.58. The number of likely N-dealkylation sites (N-methyl/N-ethyl adjacent to an activating group) is 1. The number of hydrogen-bond donors (Lipinski definition) is 0. The normalized spacial score (nSPS) is 10.8. The summed E-state index contributed by atoms with van der Waals surface area (Å²) in [4.78, 5) is 25.7. The average Bonchev–Trinajstić information content (AvgIpc) is 3.21. The number of aryl methyl sites for hydroxylation is 1. The molecule has 0 spiro atoms. The topological polar surface area (TPSA) is 72.9 Å². The number of hydrogen-bond acceptors (Lipinski definition) is 5. The third-order valence-corrected chi connectivity index (χ3v) is 4.12. The van der Waals surface area contributed by atoms with Crippen molar-refractivity contribution in [3.63, 3.8) is 0 Å². The number of para-hydroxylation sites is 1. The van der Waals surface area contributed by atoms with Crippen LogP contribution < -0.4 is 0 Å². The quantitative estimate of drug-likeness (QED) is 0.646. The number of esters is 1. The summed E-state index contributed by atoms with van der Waals surface area (Å²) >= 11 is 6.07. The zero-order chi connectivity index (χ0) is 18.0. The third kappa shape index (κ3) is 3.53. The molecule has 0 N–H and O–H groups in total. The van der Waals surface area contributed by atoms with Gasteiger partial charge in [-0.2, -0.15) is 0 Å². The van der Waals surface area contributed by atoms with E-state index >= 15 is 0 Å². The highest BCUT2D eigenvalue weighted by Crippen LogP contribution is 2.30. The Morgan fingerprint density at radius 1 is 1.24 bits per heavy atom. The van der Waals surface area contributed by atoms with Crippen molar-refractivity contribution in [1.82, 2.24) is 4.90 Å². The zero-order valence-electron chi connectivity index (χ0n) is 13.7. The highest BCUT2D eigenvalue weighted by Gasteiger charge is 2.22. The fourth-order valence-corrected chi connectivity index (χ4v) is 2.64. The summed E-state index contributed by atoms with van der Waals surface area (Å²) < 4.78 is 15.8. The van der Waals surface area contributed by atoms with Crippen LogP contribution in [0.5, 0.6) is 0 Å². The van der Waals surface area contributed by atoms with Gasteiger partial charge >= 0.3 is 5.97 Å². The zero-order valence-corrected chi connectivity index (χ0v) is 14.5. The SMILES string of the molecule is Cc1c(C(=O)OCC(=O)N(C)Cc2ccco2)oc2c(Cl)cccc12. The molecule has 0 atom stereocenters. The first-order chi connectivity index (χ1) is 12.0. The van der Waals surface area contributed by atoms with Gasteiger partial charge in [-0.1, -0.05) is 23.7 Å². The van der Waals surface area contributed by atoms with Crippen molar-refractivity contribution in [2.24, 2.45) is 0 Å². The van der Waals surface area contributed by atoms with Crippen molar-refractivity contribution < 1.29 is 23.2 Å². The minimum Gasteiger partial charge on any atom is -0.467 e. The average molecular weight is 362 g/mol. The van der Waals surface area contributed by atoms with Crippen LogP contribution in [-0.2, 0) is 16.1 Å². The predicted octanol–water partition coefficient (Wildman–Crippen LogP) is 3.80. The lowest BCUT2D eigenvalue weighted by molar-refractivity contribution is -0.134. The number of fused-ring (bicyclic) bond motifs is 1. The van der Waals surface area contributed by atoms with E-state index in [2.05, 4.69) is 0 Å². The molecule has 0 unspecified atom stereocenters. The highest BCUT2D eigenvalue weighted by molar-refractivity contribution is 6.35. The Bertz CT molecular complexity index is 913. The van der Waals surface area contributed by atoms with E-state index in [1.165, 1.54) is 11.2 Å². The maximum absolute atomic E-state index is 12.2. The van der Waals surface area contributed by atoms with E-state index in [9.17, 15) is 9.59 Å². The van der Waals surface area contributed by atoms with Crippen LogP contribution in [0, 0.1) is 6.92 Å². The molecule has 0 aliphatic carbocycles. The van der Waals surface area contributed by atoms with Gasteiger partial charge in [0.15, 0.2) is 12.2 Å². The minimum absolute atomic E-state index is 0.0459. The molecule has 3 aromatic rings. The summed E-state index contributed by atoms with van der Waals surface area (Å²) in [6.07, 6.45) is 1.53. The summed E-state index contributed by atoms with van der Waals surface area (Å²) in [6, 6.07) is 8.75. The van der Waals surface area contributed by atoms with Crippen molar-refractivity contribution in [2.45, 2.75) is 13.5 Å². The van der Waals surface area contributed by atoms with Crippen LogP contribution in [0.4, 0.5) is 0 Å². The fraction of sp³-hybridized carbons (Fsp3) is 0.222. The lowest BCUT2D eigenvalue weighted by Crippen LogP contribution is -2.30. The smallest absolute Gasteiger partial charge is 0.375 e. The molecular weight excluding hydrogens is 346 g/mol. The van der Waals surface area contributed by atoms with Gasteiger partial charge in [0.1, 0.15) is 5.76 Å². The maximum Gasteiger partial charge on any atom is 0.375 e. The van der Waals surface area contributed by atoms with Gasteiger partial charge in [0.25, 0.3) is 5.91 Å². The van der Waals surface area contributed by atoms with E-state index in [0.717, 1.165) is 5.39 Å². The van der Waals surface area contributed by atoms with Gasteiger partial charge in [-0.05, 0) is 25.1 Å².